The molecule has 2 N–H and O–H groups in total. The zero-order valence-corrected chi connectivity index (χ0v) is 16.3. The van der Waals surface area contributed by atoms with Gasteiger partial charge in [-0.05, 0) is 24.6 Å². The molecule has 0 aliphatic heterocycles. The predicted octanol–water partition coefficient (Wildman–Crippen LogP) is 3.50. The molecule has 0 amide bonds. The van der Waals surface area contributed by atoms with Gasteiger partial charge in [0.1, 0.15) is 5.69 Å². The fraction of sp³-hybridized carbons (Fsp3) is 0.190. The summed E-state index contributed by atoms with van der Waals surface area (Å²) in [5.41, 5.74) is 0.853. The Morgan fingerprint density at radius 1 is 1.19 bits per heavy atom. The van der Waals surface area contributed by atoms with Crippen LogP contribution < -0.4 is 0 Å². The van der Waals surface area contributed by atoms with Gasteiger partial charge in [0.2, 0.25) is 5.88 Å². The van der Waals surface area contributed by atoms with Gasteiger partial charge in [-0.3, -0.25) is 4.79 Å². The summed E-state index contributed by atoms with van der Waals surface area (Å²) in [7, 11) is 0. The number of carboxylic acid groups (broad SMARTS) is 1. The van der Waals surface area contributed by atoms with E-state index in [2.05, 4.69) is 20.1 Å². The van der Waals surface area contributed by atoms with E-state index < -0.39 is 29.4 Å². The zero-order valence-electron chi connectivity index (χ0n) is 16.3. The highest BCUT2D eigenvalue weighted by atomic mass is 19.2. The Kier molecular flexibility index (Phi) is 5.28. The molecule has 0 fully saturated rings. The molecule has 8 nitrogen and oxygen atoms in total. The van der Waals surface area contributed by atoms with Gasteiger partial charge in [-0.2, -0.15) is 10.1 Å². The van der Waals surface area contributed by atoms with Crippen molar-refractivity contribution in [1.29, 1.82) is 0 Å². The van der Waals surface area contributed by atoms with E-state index in [1.165, 1.54) is 29.2 Å². The van der Waals surface area contributed by atoms with Crippen LogP contribution in [0.1, 0.15) is 30.4 Å². The molecular weight excluding hydrogens is 408 g/mol. The maximum atomic E-state index is 14.1. The standard InChI is InChI=1S/C21H17F2N5O3/c1-2-12(21(30)31)14-9-25-18(26-20(14)29)17-13-6-4-8-24-19(13)28(27-17)10-11-5-3-7-15(22)16(11)23/h3-9,12H,2,10H2,1H3,(H,30,31)(H,25,26,29). The van der Waals surface area contributed by atoms with E-state index in [1.54, 1.807) is 19.1 Å². The average molecular weight is 425 g/mol. The van der Waals surface area contributed by atoms with Crippen molar-refractivity contribution in [3.8, 4) is 17.4 Å². The van der Waals surface area contributed by atoms with Crippen LogP contribution in [0.25, 0.3) is 22.6 Å². The first-order valence-electron chi connectivity index (χ1n) is 9.44. The van der Waals surface area contributed by atoms with Gasteiger partial charge in [-0.1, -0.05) is 19.1 Å². The number of aliphatic carboxylic acids is 1. The number of aromatic hydroxyl groups is 1. The van der Waals surface area contributed by atoms with Crippen molar-refractivity contribution in [2.45, 2.75) is 25.8 Å². The zero-order chi connectivity index (χ0) is 22.1. The summed E-state index contributed by atoms with van der Waals surface area (Å²) in [4.78, 5) is 23.9. The maximum absolute atomic E-state index is 14.1. The van der Waals surface area contributed by atoms with Crippen molar-refractivity contribution >= 4 is 17.0 Å². The molecule has 1 atom stereocenters. The smallest absolute Gasteiger partial charge is 0.311 e. The van der Waals surface area contributed by atoms with E-state index in [9.17, 15) is 23.8 Å². The van der Waals surface area contributed by atoms with Gasteiger partial charge in [0.15, 0.2) is 23.1 Å². The van der Waals surface area contributed by atoms with Crippen molar-refractivity contribution in [3.63, 3.8) is 0 Å². The number of hydrogen-bond acceptors (Lipinski definition) is 6. The summed E-state index contributed by atoms with van der Waals surface area (Å²) in [6.07, 6.45) is 3.05. The van der Waals surface area contributed by atoms with Gasteiger partial charge in [0.25, 0.3) is 0 Å². The lowest BCUT2D eigenvalue weighted by Gasteiger charge is -2.11. The highest BCUT2D eigenvalue weighted by Gasteiger charge is 2.24. The van der Waals surface area contributed by atoms with E-state index >= 15 is 0 Å². The molecule has 1 unspecified atom stereocenters. The molecule has 1 aromatic carbocycles. The van der Waals surface area contributed by atoms with Crippen LogP contribution >= 0.6 is 0 Å². The highest BCUT2D eigenvalue weighted by molar-refractivity contribution is 5.89. The van der Waals surface area contributed by atoms with Crippen molar-refractivity contribution < 1.29 is 23.8 Å². The predicted molar refractivity (Wildman–Crippen MR) is 106 cm³/mol. The first-order valence-corrected chi connectivity index (χ1v) is 9.44. The van der Waals surface area contributed by atoms with E-state index in [-0.39, 0.29) is 35.6 Å². The van der Waals surface area contributed by atoms with Crippen LogP contribution in [0.5, 0.6) is 5.88 Å². The molecule has 0 aliphatic rings. The molecule has 0 spiro atoms. The summed E-state index contributed by atoms with van der Waals surface area (Å²) in [6.45, 7) is 1.59. The fourth-order valence-corrected chi connectivity index (χ4v) is 3.39. The van der Waals surface area contributed by atoms with Gasteiger partial charge in [0.05, 0.1) is 17.8 Å². The largest absolute Gasteiger partial charge is 0.493 e. The Hall–Kier alpha value is -3.95. The Labute approximate surface area is 174 Å². The molecule has 0 saturated heterocycles. The normalized spacial score (nSPS) is 12.2. The number of benzene rings is 1. The molecule has 0 saturated carbocycles. The van der Waals surface area contributed by atoms with Crippen LogP contribution in [-0.4, -0.2) is 40.9 Å². The van der Waals surface area contributed by atoms with E-state index in [0.717, 1.165) is 6.07 Å². The Morgan fingerprint density at radius 3 is 2.71 bits per heavy atom. The van der Waals surface area contributed by atoms with Gasteiger partial charge < -0.3 is 10.2 Å². The minimum absolute atomic E-state index is 0.0537. The third-order valence-electron chi connectivity index (χ3n) is 4.95. The molecule has 3 aromatic heterocycles. The molecule has 0 aliphatic carbocycles. The summed E-state index contributed by atoms with van der Waals surface area (Å²) < 4.78 is 29.1. The van der Waals surface area contributed by atoms with Crippen molar-refractivity contribution in [2.24, 2.45) is 0 Å². The Morgan fingerprint density at radius 2 is 2.00 bits per heavy atom. The second-order valence-electron chi connectivity index (χ2n) is 6.87. The van der Waals surface area contributed by atoms with Crippen molar-refractivity contribution in [2.75, 3.05) is 0 Å². The summed E-state index contributed by atoms with van der Waals surface area (Å²) in [6, 6.07) is 7.27. The Bertz CT molecular complexity index is 1290. The lowest BCUT2D eigenvalue weighted by Crippen LogP contribution is -2.12. The number of hydrogen-bond donors (Lipinski definition) is 2. The number of nitrogens with zero attached hydrogens (tertiary/aromatic N) is 5. The van der Waals surface area contributed by atoms with E-state index in [0.29, 0.717) is 11.0 Å². The number of rotatable bonds is 6. The Balaban J connectivity index is 1.80. The molecule has 4 aromatic rings. The van der Waals surface area contributed by atoms with E-state index in [1.807, 2.05) is 0 Å². The molecule has 0 radical (unpaired) electrons. The minimum atomic E-state index is -1.09. The lowest BCUT2D eigenvalue weighted by atomic mass is 9.99. The third-order valence-corrected chi connectivity index (χ3v) is 4.95. The molecule has 10 heteroatoms. The van der Waals surface area contributed by atoms with Gasteiger partial charge in [-0.25, -0.2) is 23.4 Å². The van der Waals surface area contributed by atoms with Crippen LogP contribution in [0.4, 0.5) is 8.78 Å². The van der Waals surface area contributed by atoms with Crippen LogP contribution in [-0.2, 0) is 11.3 Å². The number of aromatic nitrogens is 5. The minimum Gasteiger partial charge on any atom is -0.493 e. The van der Waals surface area contributed by atoms with Gasteiger partial charge in [-0.15, -0.1) is 0 Å². The summed E-state index contributed by atoms with van der Waals surface area (Å²) in [5.74, 6) is -4.37. The summed E-state index contributed by atoms with van der Waals surface area (Å²) >= 11 is 0. The van der Waals surface area contributed by atoms with Crippen LogP contribution in [0, 0.1) is 11.6 Å². The number of carbonyl (C=O) groups is 1. The molecule has 0 bridgehead atoms. The van der Waals surface area contributed by atoms with Crippen molar-refractivity contribution in [1.82, 2.24) is 24.7 Å². The second-order valence-corrected chi connectivity index (χ2v) is 6.87. The first kappa shape index (κ1) is 20.3. The third kappa shape index (κ3) is 3.67. The van der Waals surface area contributed by atoms with Crippen LogP contribution in [0.3, 0.4) is 0 Å². The van der Waals surface area contributed by atoms with Gasteiger partial charge >= 0.3 is 5.97 Å². The van der Waals surface area contributed by atoms with E-state index in [4.69, 9.17) is 0 Å². The fourth-order valence-electron chi connectivity index (χ4n) is 3.39. The maximum Gasteiger partial charge on any atom is 0.311 e. The number of pyridine rings is 1. The summed E-state index contributed by atoms with van der Waals surface area (Å²) in [5, 5.41) is 24.6. The SMILES string of the molecule is CCC(C(=O)O)c1cnc(-c2nn(Cc3cccc(F)c3F)c3ncccc23)nc1O. The van der Waals surface area contributed by atoms with Crippen LogP contribution in [0.2, 0.25) is 0 Å². The number of carboxylic acids is 1. The lowest BCUT2D eigenvalue weighted by molar-refractivity contribution is -0.138. The van der Waals surface area contributed by atoms with Crippen molar-refractivity contribution in [3.05, 3.63) is 65.5 Å². The first-order chi connectivity index (χ1) is 14.9. The molecule has 4 rings (SSSR count). The quantitative estimate of drug-likeness (QED) is 0.486. The number of fused-ring (bicyclic) bond motifs is 1. The van der Waals surface area contributed by atoms with Crippen LogP contribution in [0.15, 0.2) is 42.7 Å². The topological polar surface area (TPSA) is 114 Å². The molecule has 31 heavy (non-hydrogen) atoms. The molecular formula is C21H17F2N5O3. The average Bonchev–Trinajstić information content (AvgIpc) is 3.11. The molecule has 158 valence electrons. The van der Waals surface area contributed by atoms with Gasteiger partial charge in [0, 0.05) is 23.5 Å². The monoisotopic (exact) mass is 425 g/mol. The second kappa shape index (κ2) is 8.05. The highest BCUT2D eigenvalue weighted by Crippen LogP contribution is 2.30. The molecule has 3 heterocycles. The number of halogens is 2.